The summed E-state index contributed by atoms with van der Waals surface area (Å²) in [4.78, 5) is 33.0. The number of piperazine rings is 1. The van der Waals surface area contributed by atoms with Crippen LogP contribution in [-0.4, -0.2) is 70.3 Å². The van der Waals surface area contributed by atoms with Crippen LogP contribution in [0.25, 0.3) is 22.5 Å². The van der Waals surface area contributed by atoms with Gasteiger partial charge in [-0.1, -0.05) is 0 Å². The molecule has 31 heavy (non-hydrogen) atoms. The molecule has 0 atom stereocenters. The number of hydrogen-bond donors (Lipinski definition) is 3. The van der Waals surface area contributed by atoms with Gasteiger partial charge in [-0.15, -0.1) is 0 Å². The number of carbonyl (C=O) groups is 1. The van der Waals surface area contributed by atoms with Crippen LogP contribution in [-0.2, 0) is 0 Å². The number of hydrogen-bond acceptors (Lipinski definition) is 7. The number of H-pyrrole nitrogens is 1. The quantitative estimate of drug-likeness (QED) is 0.578. The fraction of sp³-hybridized carbons (Fsp3) is 0.364. The van der Waals surface area contributed by atoms with Gasteiger partial charge >= 0.3 is 5.97 Å². The van der Waals surface area contributed by atoms with Crippen molar-refractivity contribution in [2.75, 3.05) is 49.1 Å². The van der Waals surface area contributed by atoms with Gasteiger partial charge in [0.1, 0.15) is 11.4 Å². The van der Waals surface area contributed by atoms with Gasteiger partial charge in [0.2, 0.25) is 5.95 Å². The van der Waals surface area contributed by atoms with Crippen LogP contribution in [0.5, 0.6) is 0 Å². The van der Waals surface area contributed by atoms with Gasteiger partial charge in [0.15, 0.2) is 0 Å². The van der Waals surface area contributed by atoms with Crippen LogP contribution in [0.4, 0.5) is 11.8 Å². The minimum atomic E-state index is -0.934. The predicted octanol–water partition coefficient (Wildman–Crippen LogP) is 2.24. The Balaban J connectivity index is 1.44. The van der Waals surface area contributed by atoms with E-state index < -0.39 is 5.97 Å². The Bertz CT molecular complexity index is 1070. The van der Waals surface area contributed by atoms with Gasteiger partial charge in [-0.05, 0) is 31.0 Å². The maximum absolute atomic E-state index is 11.8. The number of carboxylic acid groups (broad SMARTS) is 1. The summed E-state index contributed by atoms with van der Waals surface area (Å²) in [5.74, 6) is 0.477. The maximum atomic E-state index is 11.8. The molecule has 2 fully saturated rings. The first-order chi connectivity index (χ1) is 15.2. The molecule has 3 aromatic rings. The lowest BCUT2D eigenvalue weighted by Gasteiger charge is -2.28. The topological polar surface area (TPSA) is 110 Å². The minimum absolute atomic E-state index is 0.286. The van der Waals surface area contributed by atoms with E-state index in [1.165, 1.54) is 12.8 Å². The standard InChI is InChI=1S/C22H25N7O2/c30-21(31)17-12-19(27-20(17)28-9-5-23-6-10-28)15-3-4-24-18(11-15)16-13-25-22(26-14-16)29-7-1-2-8-29/h3-4,11-14,23,27H,1-2,5-10H2,(H,30,31). The Morgan fingerprint density at radius 3 is 2.39 bits per heavy atom. The van der Waals surface area contributed by atoms with Crippen molar-refractivity contribution >= 4 is 17.7 Å². The molecule has 0 unspecified atom stereocenters. The fourth-order valence-corrected chi connectivity index (χ4v) is 4.19. The first kappa shape index (κ1) is 19.5. The first-order valence-electron chi connectivity index (χ1n) is 10.6. The smallest absolute Gasteiger partial charge is 0.339 e. The largest absolute Gasteiger partial charge is 0.478 e. The second-order valence-electron chi connectivity index (χ2n) is 7.88. The van der Waals surface area contributed by atoms with Crippen molar-refractivity contribution in [3.63, 3.8) is 0 Å². The van der Waals surface area contributed by atoms with Gasteiger partial charge in [-0.2, -0.15) is 0 Å². The average molecular weight is 419 g/mol. The molecule has 2 aliphatic rings. The van der Waals surface area contributed by atoms with E-state index >= 15 is 0 Å². The normalized spacial score (nSPS) is 16.6. The van der Waals surface area contributed by atoms with Gasteiger partial charge in [0.25, 0.3) is 0 Å². The number of rotatable bonds is 5. The highest BCUT2D eigenvalue weighted by molar-refractivity contribution is 5.96. The molecule has 3 aromatic heterocycles. The number of carboxylic acids is 1. The van der Waals surface area contributed by atoms with E-state index in [-0.39, 0.29) is 5.56 Å². The third-order valence-corrected chi connectivity index (χ3v) is 5.85. The highest BCUT2D eigenvalue weighted by atomic mass is 16.4. The van der Waals surface area contributed by atoms with Gasteiger partial charge in [0.05, 0.1) is 5.69 Å². The van der Waals surface area contributed by atoms with Crippen molar-refractivity contribution in [2.45, 2.75) is 12.8 Å². The molecule has 0 aromatic carbocycles. The number of aromatic nitrogens is 4. The van der Waals surface area contributed by atoms with E-state index in [1.54, 1.807) is 24.7 Å². The molecule has 0 saturated carbocycles. The third-order valence-electron chi connectivity index (χ3n) is 5.85. The Morgan fingerprint density at radius 2 is 1.68 bits per heavy atom. The minimum Gasteiger partial charge on any atom is -0.478 e. The lowest BCUT2D eigenvalue weighted by molar-refractivity contribution is 0.0697. The van der Waals surface area contributed by atoms with Crippen LogP contribution in [0.2, 0.25) is 0 Å². The molecule has 0 radical (unpaired) electrons. The van der Waals surface area contributed by atoms with Crippen molar-refractivity contribution in [3.8, 4) is 22.5 Å². The molecule has 9 nitrogen and oxygen atoms in total. The number of anilines is 2. The van der Waals surface area contributed by atoms with Crippen LogP contribution in [0, 0.1) is 0 Å². The van der Waals surface area contributed by atoms with Crippen LogP contribution in [0.15, 0.2) is 36.8 Å². The fourth-order valence-electron chi connectivity index (χ4n) is 4.19. The molecule has 3 N–H and O–H groups in total. The molecule has 5 heterocycles. The maximum Gasteiger partial charge on any atom is 0.339 e. The van der Waals surface area contributed by atoms with Crippen molar-refractivity contribution < 1.29 is 9.90 Å². The SMILES string of the molecule is O=C(O)c1cc(-c2ccnc(-c3cnc(N4CCCC4)nc3)c2)[nH]c1N1CCNCC1. The highest BCUT2D eigenvalue weighted by Gasteiger charge is 2.22. The second-order valence-corrected chi connectivity index (χ2v) is 7.88. The number of aromatic carboxylic acids is 1. The Labute approximate surface area is 180 Å². The number of pyridine rings is 1. The Kier molecular flexibility index (Phi) is 5.25. The predicted molar refractivity (Wildman–Crippen MR) is 119 cm³/mol. The molecule has 0 bridgehead atoms. The Hall–Kier alpha value is -3.46. The zero-order chi connectivity index (χ0) is 21.2. The van der Waals surface area contributed by atoms with E-state index in [1.807, 2.05) is 12.1 Å². The zero-order valence-electron chi connectivity index (χ0n) is 17.2. The van der Waals surface area contributed by atoms with E-state index in [0.29, 0.717) is 5.82 Å². The van der Waals surface area contributed by atoms with Gasteiger partial charge in [-0.25, -0.2) is 14.8 Å². The summed E-state index contributed by atoms with van der Waals surface area (Å²) in [6.45, 7) is 5.20. The molecule has 9 heteroatoms. The number of nitrogens with zero attached hydrogens (tertiary/aromatic N) is 5. The second kappa shape index (κ2) is 8.35. The molecule has 0 amide bonds. The van der Waals surface area contributed by atoms with E-state index in [4.69, 9.17) is 0 Å². The molecule has 5 rings (SSSR count). The number of aromatic amines is 1. The van der Waals surface area contributed by atoms with Crippen LogP contribution in [0.3, 0.4) is 0 Å². The van der Waals surface area contributed by atoms with Crippen molar-refractivity contribution in [3.05, 3.63) is 42.4 Å². The average Bonchev–Trinajstić information content (AvgIpc) is 3.51. The molecule has 2 saturated heterocycles. The van der Waals surface area contributed by atoms with E-state index in [9.17, 15) is 9.90 Å². The summed E-state index contributed by atoms with van der Waals surface area (Å²) < 4.78 is 0. The summed E-state index contributed by atoms with van der Waals surface area (Å²) in [5.41, 5.74) is 3.49. The van der Waals surface area contributed by atoms with E-state index in [2.05, 4.69) is 35.1 Å². The van der Waals surface area contributed by atoms with Crippen molar-refractivity contribution in [2.24, 2.45) is 0 Å². The summed E-state index contributed by atoms with van der Waals surface area (Å²) >= 11 is 0. The van der Waals surface area contributed by atoms with Crippen LogP contribution in [0.1, 0.15) is 23.2 Å². The number of nitrogens with one attached hydrogen (secondary N) is 2. The van der Waals surface area contributed by atoms with E-state index in [0.717, 1.165) is 67.7 Å². The third kappa shape index (κ3) is 3.96. The summed E-state index contributed by atoms with van der Waals surface area (Å²) in [7, 11) is 0. The summed E-state index contributed by atoms with van der Waals surface area (Å²) in [5, 5.41) is 13.0. The summed E-state index contributed by atoms with van der Waals surface area (Å²) in [6.07, 6.45) is 7.69. The molecular weight excluding hydrogens is 394 g/mol. The molecule has 160 valence electrons. The first-order valence-corrected chi connectivity index (χ1v) is 10.6. The lowest BCUT2D eigenvalue weighted by Crippen LogP contribution is -2.44. The van der Waals surface area contributed by atoms with Crippen LogP contribution >= 0.6 is 0 Å². The highest BCUT2D eigenvalue weighted by Crippen LogP contribution is 2.30. The van der Waals surface area contributed by atoms with Crippen LogP contribution < -0.4 is 15.1 Å². The summed E-state index contributed by atoms with van der Waals surface area (Å²) in [6, 6.07) is 5.51. The van der Waals surface area contributed by atoms with Crippen molar-refractivity contribution in [1.82, 2.24) is 25.3 Å². The molecule has 0 aliphatic carbocycles. The van der Waals surface area contributed by atoms with Crippen molar-refractivity contribution in [1.29, 1.82) is 0 Å². The molecular formula is C22H25N7O2. The van der Waals surface area contributed by atoms with Gasteiger partial charge in [-0.3, -0.25) is 4.98 Å². The lowest BCUT2D eigenvalue weighted by atomic mass is 10.1. The monoisotopic (exact) mass is 419 g/mol. The Morgan fingerprint density at radius 1 is 0.935 bits per heavy atom. The van der Waals surface area contributed by atoms with Gasteiger partial charge in [0, 0.05) is 74.7 Å². The molecule has 0 spiro atoms. The van der Waals surface area contributed by atoms with Gasteiger partial charge < -0.3 is 25.2 Å². The molecule has 2 aliphatic heterocycles. The zero-order valence-corrected chi connectivity index (χ0v) is 17.2.